The molecule has 0 heterocycles. The van der Waals surface area contributed by atoms with Crippen LogP contribution in [0.25, 0.3) is 0 Å². The summed E-state index contributed by atoms with van der Waals surface area (Å²) in [6, 6.07) is 18.7. The Morgan fingerprint density at radius 1 is 0.913 bits per heavy atom. The number of benzene rings is 3. The molecule has 0 aliphatic heterocycles. The first-order chi connectivity index (χ1) is 22.0. The number of nitrogens with zero attached hydrogens (tertiary/aromatic N) is 2. The fourth-order valence-corrected chi connectivity index (χ4v) is 7.28. The molecule has 1 N–H and O–H groups in total. The molecule has 0 aromatic heterocycles. The molecular formula is C34H40Cl3N3O5S. The van der Waals surface area contributed by atoms with Crippen LogP contribution in [0.1, 0.15) is 56.1 Å². The lowest BCUT2D eigenvalue weighted by atomic mass is 9.94. The van der Waals surface area contributed by atoms with Crippen LogP contribution in [0.5, 0.6) is 5.75 Å². The van der Waals surface area contributed by atoms with Crippen molar-refractivity contribution in [3.8, 4) is 5.75 Å². The molecule has 0 unspecified atom stereocenters. The first-order valence-electron chi connectivity index (χ1n) is 15.3. The normalized spacial score (nSPS) is 14.4. The van der Waals surface area contributed by atoms with Gasteiger partial charge < -0.3 is 15.0 Å². The van der Waals surface area contributed by atoms with Gasteiger partial charge in [0.05, 0.1) is 34.1 Å². The Labute approximate surface area is 287 Å². The number of sulfonamides is 1. The highest BCUT2D eigenvalue weighted by Gasteiger charge is 2.32. The molecular weight excluding hydrogens is 669 g/mol. The summed E-state index contributed by atoms with van der Waals surface area (Å²) in [7, 11) is -2.22. The monoisotopic (exact) mass is 707 g/mol. The van der Waals surface area contributed by atoms with E-state index in [9.17, 15) is 18.0 Å². The number of anilines is 1. The summed E-state index contributed by atoms with van der Waals surface area (Å²) in [4.78, 5) is 29.7. The molecule has 1 atom stereocenters. The van der Waals surface area contributed by atoms with Gasteiger partial charge in [-0.05, 0) is 60.7 Å². The van der Waals surface area contributed by atoms with Crippen LogP contribution in [0.3, 0.4) is 0 Å². The van der Waals surface area contributed by atoms with Crippen LogP contribution in [-0.2, 0) is 32.6 Å². The highest BCUT2D eigenvalue weighted by Crippen LogP contribution is 2.31. The minimum Gasteiger partial charge on any atom is -0.495 e. The summed E-state index contributed by atoms with van der Waals surface area (Å²) in [5.41, 5.74) is 2.00. The number of hydrogen-bond acceptors (Lipinski definition) is 5. The van der Waals surface area contributed by atoms with E-state index in [1.807, 2.05) is 30.3 Å². The van der Waals surface area contributed by atoms with E-state index in [-0.39, 0.29) is 48.8 Å². The van der Waals surface area contributed by atoms with Gasteiger partial charge in [-0.15, -0.1) is 0 Å². The lowest BCUT2D eigenvalue weighted by Crippen LogP contribution is -2.52. The van der Waals surface area contributed by atoms with Gasteiger partial charge in [0, 0.05) is 32.0 Å². The molecule has 46 heavy (non-hydrogen) atoms. The maximum Gasteiger partial charge on any atom is 0.243 e. The van der Waals surface area contributed by atoms with Crippen LogP contribution >= 0.6 is 34.8 Å². The van der Waals surface area contributed by atoms with Crippen LogP contribution in [0.2, 0.25) is 15.1 Å². The molecule has 4 rings (SSSR count). The number of rotatable bonds is 14. The maximum atomic E-state index is 14.1. The summed E-state index contributed by atoms with van der Waals surface area (Å²) in [5.74, 6) is -0.0789. The van der Waals surface area contributed by atoms with Crippen molar-refractivity contribution in [1.82, 2.24) is 10.2 Å². The Hall–Kier alpha value is -2.98. The van der Waals surface area contributed by atoms with Crippen molar-refractivity contribution >= 4 is 62.3 Å². The van der Waals surface area contributed by atoms with Gasteiger partial charge in [0.2, 0.25) is 21.8 Å². The predicted octanol–water partition coefficient (Wildman–Crippen LogP) is 7.29. The van der Waals surface area contributed by atoms with E-state index >= 15 is 0 Å². The van der Waals surface area contributed by atoms with Crippen LogP contribution in [0, 0.1) is 0 Å². The average Bonchev–Trinajstić information content (AvgIpc) is 3.03. The lowest BCUT2D eigenvalue weighted by Gasteiger charge is -2.34. The second-order valence-corrected chi connectivity index (χ2v) is 14.7. The largest absolute Gasteiger partial charge is 0.495 e. The zero-order valence-corrected chi connectivity index (χ0v) is 29.1. The zero-order valence-electron chi connectivity index (χ0n) is 26.1. The lowest BCUT2D eigenvalue weighted by molar-refractivity contribution is -0.141. The van der Waals surface area contributed by atoms with E-state index in [0.717, 1.165) is 49.5 Å². The minimum atomic E-state index is -3.70. The predicted molar refractivity (Wildman–Crippen MR) is 185 cm³/mol. The Kier molecular flexibility index (Phi) is 13.0. The van der Waals surface area contributed by atoms with Gasteiger partial charge in [0.1, 0.15) is 11.8 Å². The van der Waals surface area contributed by atoms with Crippen molar-refractivity contribution in [2.75, 3.05) is 24.2 Å². The standard InChI is InChI=1S/C34H40Cl3N3O5S/c1-45-32-18-16-27(22-30(32)37)40(46(2,43)44)19-9-14-33(41)39(23-25-15-17-28(35)29(36)20-25)31(21-24-10-5-3-6-11-24)34(42)38-26-12-7-4-8-13-26/h3,5-6,10-11,15-18,20,22,26,31H,4,7-9,12-14,19,21,23H2,1-2H3,(H,38,42)/t31-/m0/s1. The van der Waals surface area contributed by atoms with Crippen LogP contribution in [-0.4, -0.2) is 57.1 Å². The van der Waals surface area contributed by atoms with E-state index in [0.29, 0.717) is 27.9 Å². The van der Waals surface area contributed by atoms with Gasteiger partial charge in [0.25, 0.3) is 0 Å². The number of hydrogen-bond donors (Lipinski definition) is 1. The van der Waals surface area contributed by atoms with Crippen molar-refractivity contribution in [1.29, 1.82) is 0 Å². The first kappa shape index (κ1) is 35.9. The third kappa shape index (κ3) is 10.0. The summed E-state index contributed by atoms with van der Waals surface area (Å²) in [6.07, 6.45) is 6.68. The molecule has 1 fully saturated rings. The fourth-order valence-electron chi connectivity index (χ4n) is 5.75. The molecule has 3 aromatic rings. The minimum absolute atomic E-state index is 0.000767. The molecule has 1 aliphatic carbocycles. The molecule has 248 valence electrons. The summed E-state index contributed by atoms with van der Waals surface area (Å²) < 4.78 is 32.0. The average molecular weight is 709 g/mol. The summed E-state index contributed by atoms with van der Waals surface area (Å²) in [5, 5.41) is 4.22. The molecule has 2 amide bonds. The molecule has 12 heteroatoms. The van der Waals surface area contributed by atoms with Gasteiger partial charge in [-0.3, -0.25) is 13.9 Å². The van der Waals surface area contributed by atoms with Crippen molar-refractivity contribution in [3.63, 3.8) is 0 Å². The molecule has 0 radical (unpaired) electrons. The maximum absolute atomic E-state index is 14.1. The van der Waals surface area contributed by atoms with Gasteiger partial charge >= 0.3 is 0 Å². The molecule has 0 bridgehead atoms. The van der Waals surface area contributed by atoms with Gasteiger partial charge in [-0.2, -0.15) is 0 Å². The molecule has 8 nitrogen and oxygen atoms in total. The van der Waals surface area contributed by atoms with Gasteiger partial charge in [0.15, 0.2) is 0 Å². The second kappa shape index (κ2) is 16.7. The SMILES string of the molecule is COc1ccc(N(CCCC(=O)N(Cc2ccc(Cl)c(Cl)c2)[C@@H](Cc2ccccc2)C(=O)NC2CCCCC2)S(C)(=O)=O)cc1Cl. The van der Waals surface area contributed by atoms with Crippen molar-refractivity contribution in [3.05, 3.63) is 92.9 Å². The van der Waals surface area contributed by atoms with Gasteiger partial charge in [-0.25, -0.2) is 8.42 Å². The van der Waals surface area contributed by atoms with E-state index in [2.05, 4.69) is 5.32 Å². The second-order valence-electron chi connectivity index (χ2n) is 11.6. The third-order valence-corrected chi connectivity index (χ3v) is 10.4. The smallest absolute Gasteiger partial charge is 0.243 e. The third-order valence-electron chi connectivity index (χ3n) is 8.14. The summed E-state index contributed by atoms with van der Waals surface area (Å²) in [6.45, 7) is 0.153. The Morgan fingerprint density at radius 2 is 1.63 bits per heavy atom. The van der Waals surface area contributed by atoms with Crippen molar-refractivity contribution < 1.29 is 22.7 Å². The topological polar surface area (TPSA) is 96.0 Å². The number of nitrogens with one attached hydrogen (secondary N) is 1. The number of halogens is 3. The van der Waals surface area contributed by atoms with Crippen LogP contribution in [0.15, 0.2) is 66.7 Å². The Balaban J connectivity index is 1.61. The molecule has 1 saturated carbocycles. The van der Waals surface area contributed by atoms with E-state index in [4.69, 9.17) is 39.5 Å². The first-order valence-corrected chi connectivity index (χ1v) is 18.3. The van der Waals surface area contributed by atoms with Crippen molar-refractivity contribution in [2.45, 2.75) is 70.0 Å². The highest BCUT2D eigenvalue weighted by molar-refractivity contribution is 7.92. The van der Waals surface area contributed by atoms with Crippen LogP contribution in [0.4, 0.5) is 5.69 Å². The van der Waals surface area contributed by atoms with E-state index in [1.165, 1.54) is 17.5 Å². The summed E-state index contributed by atoms with van der Waals surface area (Å²) >= 11 is 18.8. The molecule has 0 spiro atoms. The molecule has 1 aliphatic rings. The van der Waals surface area contributed by atoms with Gasteiger partial charge in [-0.1, -0.05) is 90.5 Å². The Bertz CT molecular complexity index is 1600. The number of methoxy groups -OCH3 is 1. The number of carbonyl (C=O) groups is 2. The molecule has 3 aromatic carbocycles. The number of amides is 2. The van der Waals surface area contributed by atoms with Crippen LogP contribution < -0.4 is 14.4 Å². The molecule has 0 saturated heterocycles. The Morgan fingerprint density at radius 3 is 2.26 bits per heavy atom. The number of ether oxygens (including phenoxy) is 1. The fraction of sp³-hybridized carbons (Fsp3) is 0.412. The van der Waals surface area contributed by atoms with E-state index < -0.39 is 16.1 Å². The zero-order chi connectivity index (χ0) is 33.3. The quantitative estimate of drug-likeness (QED) is 0.190. The highest BCUT2D eigenvalue weighted by atomic mass is 35.5. The van der Waals surface area contributed by atoms with Crippen molar-refractivity contribution in [2.24, 2.45) is 0 Å². The van der Waals surface area contributed by atoms with E-state index in [1.54, 1.807) is 35.2 Å². The number of carbonyl (C=O) groups excluding carboxylic acids is 2.